The number of hydrogen-bond acceptors (Lipinski definition) is 2. The lowest BCUT2D eigenvalue weighted by molar-refractivity contribution is 0.404. The van der Waals surface area contributed by atoms with Crippen molar-refractivity contribution in [2.24, 2.45) is 0 Å². The molecule has 0 aliphatic carbocycles. The normalized spacial score (nSPS) is 12.2. The minimum Gasteiger partial charge on any atom is -0.496 e. The standard InChI is InChI=1S/C16H17BrFNO/c1-3-19-16(11-5-4-6-13(18)9-11)14-10-12(17)7-8-15(14)20-2/h4-10,16,19H,3H2,1-2H3. The van der Waals surface area contributed by atoms with Crippen LogP contribution in [0.1, 0.15) is 24.1 Å². The van der Waals surface area contributed by atoms with E-state index in [0.29, 0.717) is 0 Å². The van der Waals surface area contributed by atoms with E-state index in [1.54, 1.807) is 19.2 Å². The third-order valence-corrected chi connectivity index (χ3v) is 3.59. The summed E-state index contributed by atoms with van der Waals surface area (Å²) in [4.78, 5) is 0. The number of methoxy groups -OCH3 is 1. The quantitative estimate of drug-likeness (QED) is 0.878. The van der Waals surface area contributed by atoms with Crippen molar-refractivity contribution in [1.82, 2.24) is 5.32 Å². The summed E-state index contributed by atoms with van der Waals surface area (Å²) in [5, 5.41) is 3.38. The Morgan fingerprint density at radius 2 is 2.05 bits per heavy atom. The topological polar surface area (TPSA) is 21.3 Å². The molecule has 4 heteroatoms. The second kappa shape index (κ2) is 6.86. The molecule has 0 aromatic heterocycles. The van der Waals surface area contributed by atoms with Crippen molar-refractivity contribution in [3.05, 3.63) is 63.9 Å². The highest BCUT2D eigenvalue weighted by molar-refractivity contribution is 9.10. The van der Waals surface area contributed by atoms with Crippen molar-refractivity contribution < 1.29 is 9.13 Å². The summed E-state index contributed by atoms with van der Waals surface area (Å²) in [7, 11) is 1.64. The largest absolute Gasteiger partial charge is 0.496 e. The molecule has 1 atom stereocenters. The fourth-order valence-corrected chi connectivity index (χ4v) is 2.61. The molecule has 0 radical (unpaired) electrons. The molecule has 2 rings (SSSR count). The average Bonchev–Trinajstić information content (AvgIpc) is 2.44. The molecule has 0 saturated heterocycles. The van der Waals surface area contributed by atoms with Crippen LogP contribution in [0.15, 0.2) is 46.9 Å². The molecule has 1 N–H and O–H groups in total. The van der Waals surface area contributed by atoms with Gasteiger partial charge in [0, 0.05) is 10.0 Å². The Bertz CT molecular complexity index is 588. The van der Waals surface area contributed by atoms with Crippen LogP contribution in [0.25, 0.3) is 0 Å². The Morgan fingerprint density at radius 1 is 1.25 bits per heavy atom. The van der Waals surface area contributed by atoms with Crippen LogP contribution in [0, 0.1) is 5.82 Å². The van der Waals surface area contributed by atoms with Gasteiger partial charge in [-0.05, 0) is 42.4 Å². The van der Waals surface area contributed by atoms with E-state index < -0.39 is 0 Å². The first-order valence-corrected chi connectivity index (χ1v) is 7.27. The van der Waals surface area contributed by atoms with Crippen LogP contribution in [-0.2, 0) is 0 Å². The van der Waals surface area contributed by atoms with Crippen molar-refractivity contribution in [3.8, 4) is 5.75 Å². The first kappa shape index (κ1) is 15.0. The summed E-state index contributed by atoms with van der Waals surface area (Å²) < 4.78 is 19.9. The molecule has 106 valence electrons. The highest BCUT2D eigenvalue weighted by Gasteiger charge is 2.18. The SMILES string of the molecule is CCNC(c1cccc(F)c1)c1cc(Br)ccc1OC. The molecule has 0 saturated carbocycles. The Balaban J connectivity index is 2.50. The zero-order chi connectivity index (χ0) is 14.5. The van der Waals surface area contributed by atoms with Crippen molar-refractivity contribution in [3.63, 3.8) is 0 Å². The van der Waals surface area contributed by atoms with Gasteiger partial charge in [-0.3, -0.25) is 0 Å². The van der Waals surface area contributed by atoms with Crippen LogP contribution < -0.4 is 10.1 Å². The van der Waals surface area contributed by atoms with Gasteiger partial charge in [-0.15, -0.1) is 0 Å². The van der Waals surface area contributed by atoms with Gasteiger partial charge in [0.15, 0.2) is 0 Å². The first-order chi connectivity index (χ1) is 9.65. The molecular weight excluding hydrogens is 321 g/mol. The van der Waals surface area contributed by atoms with Crippen LogP contribution in [0.5, 0.6) is 5.75 Å². The van der Waals surface area contributed by atoms with Crippen LogP contribution >= 0.6 is 15.9 Å². The fraction of sp³-hybridized carbons (Fsp3) is 0.250. The molecule has 0 aliphatic heterocycles. The van der Waals surface area contributed by atoms with E-state index in [0.717, 1.165) is 27.9 Å². The van der Waals surface area contributed by atoms with Gasteiger partial charge in [0.25, 0.3) is 0 Å². The maximum atomic E-state index is 13.5. The Morgan fingerprint density at radius 3 is 2.70 bits per heavy atom. The summed E-state index contributed by atoms with van der Waals surface area (Å²) in [6.45, 7) is 2.80. The molecule has 0 bridgehead atoms. The van der Waals surface area contributed by atoms with Crippen molar-refractivity contribution in [1.29, 1.82) is 0 Å². The molecular formula is C16H17BrFNO. The number of ether oxygens (including phenoxy) is 1. The summed E-state index contributed by atoms with van der Waals surface area (Å²) in [6.07, 6.45) is 0. The van der Waals surface area contributed by atoms with Gasteiger partial charge >= 0.3 is 0 Å². The van der Waals surface area contributed by atoms with Gasteiger partial charge in [0.2, 0.25) is 0 Å². The van der Waals surface area contributed by atoms with E-state index in [2.05, 4.69) is 21.2 Å². The van der Waals surface area contributed by atoms with Crippen LogP contribution in [-0.4, -0.2) is 13.7 Å². The van der Waals surface area contributed by atoms with Gasteiger partial charge in [0.1, 0.15) is 11.6 Å². The van der Waals surface area contributed by atoms with Gasteiger partial charge in [-0.25, -0.2) is 4.39 Å². The minimum atomic E-state index is -0.237. The molecule has 20 heavy (non-hydrogen) atoms. The van der Waals surface area contributed by atoms with Crippen LogP contribution in [0.2, 0.25) is 0 Å². The van der Waals surface area contributed by atoms with Crippen LogP contribution in [0.3, 0.4) is 0 Å². The van der Waals surface area contributed by atoms with E-state index in [-0.39, 0.29) is 11.9 Å². The van der Waals surface area contributed by atoms with E-state index in [4.69, 9.17) is 4.74 Å². The highest BCUT2D eigenvalue weighted by atomic mass is 79.9. The maximum absolute atomic E-state index is 13.5. The van der Waals surface area contributed by atoms with Crippen molar-refractivity contribution in [2.75, 3.05) is 13.7 Å². The van der Waals surface area contributed by atoms with Crippen molar-refractivity contribution >= 4 is 15.9 Å². The first-order valence-electron chi connectivity index (χ1n) is 6.48. The molecule has 2 aromatic carbocycles. The molecule has 2 aromatic rings. The second-order valence-electron chi connectivity index (χ2n) is 4.43. The van der Waals surface area contributed by atoms with E-state index in [1.165, 1.54) is 6.07 Å². The third-order valence-electron chi connectivity index (χ3n) is 3.09. The zero-order valence-electron chi connectivity index (χ0n) is 11.5. The Hall–Kier alpha value is -1.39. The predicted molar refractivity (Wildman–Crippen MR) is 82.6 cm³/mol. The predicted octanol–water partition coefficient (Wildman–Crippen LogP) is 4.30. The summed E-state index contributed by atoms with van der Waals surface area (Å²) in [5.74, 6) is 0.544. The molecule has 0 fully saturated rings. The summed E-state index contributed by atoms with van der Waals surface area (Å²) >= 11 is 3.47. The number of nitrogens with one attached hydrogen (secondary N) is 1. The monoisotopic (exact) mass is 337 g/mol. The number of halogens is 2. The fourth-order valence-electron chi connectivity index (χ4n) is 2.23. The number of rotatable bonds is 5. The summed E-state index contributed by atoms with van der Waals surface area (Å²) in [6, 6.07) is 12.4. The van der Waals surface area contributed by atoms with Crippen molar-refractivity contribution in [2.45, 2.75) is 13.0 Å². The Labute approximate surface area is 127 Å². The lowest BCUT2D eigenvalue weighted by Gasteiger charge is -2.21. The minimum absolute atomic E-state index is 0.108. The number of benzene rings is 2. The van der Waals surface area contributed by atoms with Gasteiger partial charge in [0.05, 0.1) is 13.2 Å². The van der Waals surface area contributed by atoms with Crippen LogP contribution in [0.4, 0.5) is 4.39 Å². The van der Waals surface area contributed by atoms with Gasteiger partial charge < -0.3 is 10.1 Å². The maximum Gasteiger partial charge on any atom is 0.124 e. The van der Waals surface area contributed by atoms with E-state index in [9.17, 15) is 4.39 Å². The van der Waals surface area contributed by atoms with E-state index in [1.807, 2.05) is 31.2 Å². The molecule has 0 aliphatic rings. The molecule has 2 nitrogen and oxygen atoms in total. The summed E-state index contributed by atoms with van der Waals surface area (Å²) in [5.41, 5.74) is 1.86. The molecule has 1 unspecified atom stereocenters. The second-order valence-corrected chi connectivity index (χ2v) is 5.35. The average molecular weight is 338 g/mol. The molecule has 0 heterocycles. The highest BCUT2D eigenvalue weighted by Crippen LogP contribution is 2.32. The smallest absolute Gasteiger partial charge is 0.124 e. The van der Waals surface area contributed by atoms with Gasteiger partial charge in [-0.2, -0.15) is 0 Å². The lowest BCUT2D eigenvalue weighted by Crippen LogP contribution is -2.22. The Kier molecular flexibility index (Phi) is 5.15. The molecule has 0 spiro atoms. The van der Waals surface area contributed by atoms with Gasteiger partial charge in [-0.1, -0.05) is 35.0 Å². The van der Waals surface area contributed by atoms with E-state index >= 15 is 0 Å². The lowest BCUT2D eigenvalue weighted by atomic mass is 9.97. The molecule has 0 amide bonds. The zero-order valence-corrected chi connectivity index (χ0v) is 13.1. The number of hydrogen-bond donors (Lipinski definition) is 1. The third kappa shape index (κ3) is 3.38.